The maximum absolute atomic E-state index is 10.4. The van der Waals surface area contributed by atoms with Crippen LogP contribution in [0.1, 0.15) is 5.56 Å². The Bertz CT molecular complexity index is 398. The molecule has 5 N–H and O–H groups in total. The Labute approximate surface area is 119 Å². The van der Waals surface area contributed by atoms with E-state index in [0.717, 1.165) is 0 Å². The second kappa shape index (κ2) is 8.26. The fourth-order valence-corrected chi connectivity index (χ4v) is 1.04. The molecule has 102 valence electrons. The van der Waals surface area contributed by atoms with E-state index in [1.807, 2.05) is 0 Å². The predicted molar refractivity (Wildman–Crippen MR) is 70.4 cm³/mol. The van der Waals surface area contributed by atoms with E-state index in [1.165, 1.54) is 18.2 Å². The molecule has 0 amide bonds. The van der Waals surface area contributed by atoms with E-state index < -0.39 is 16.3 Å². The first kappa shape index (κ1) is 17.1. The van der Waals surface area contributed by atoms with Crippen molar-refractivity contribution >= 4 is 40.8 Å². The molecule has 5 nitrogen and oxygen atoms in total. The number of rotatable bonds is 3. The number of benzene rings is 1. The van der Waals surface area contributed by atoms with Crippen molar-refractivity contribution in [3.63, 3.8) is 0 Å². The Morgan fingerprint density at radius 1 is 1.22 bits per heavy atom. The number of carbonyl (C=O) groups is 1. The van der Waals surface area contributed by atoms with Crippen LogP contribution in [0.5, 0.6) is 11.5 Å². The van der Waals surface area contributed by atoms with Gasteiger partial charge in [0.2, 0.25) is 0 Å². The maximum atomic E-state index is 10.4. The molecule has 0 heterocycles. The highest BCUT2D eigenvalue weighted by atomic mass is 35.6. The van der Waals surface area contributed by atoms with E-state index in [4.69, 9.17) is 55.9 Å². The van der Waals surface area contributed by atoms with Gasteiger partial charge in [-0.05, 0) is 24.1 Å². The van der Waals surface area contributed by atoms with Gasteiger partial charge in [-0.15, -0.1) is 0 Å². The number of carboxylic acids is 1. The second-order valence-corrected chi connectivity index (χ2v) is 5.20. The summed E-state index contributed by atoms with van der Waals surface area (Å²) in [6, 6.07) is 3.09. The van der Waals surface area contributed by atoms with E-state index in [9.17, 15) is 4.79 Å². The molecule has 1 atom stereocenters. The van der Waals surface area contributed by atoms with E-state index in [1.54, 1.807) is 0 Å². The predicted octanol–water partition coefficient (Wildman–Crippen LogP) is 2.04. The number of hydrogen-bond donors (Lipinski definition) is 4. The van der Waals surface area contributed by atoms with E-state index in [2.05, 4.69) is 0 Å². The molecule has 0 spiro atoms. The van der Waals surface area contributed by atoms with Gasteiger partial charge in [0.25, 0.3) is 0 Å². The van der Waals surface area contributed by atoms with Crippen LogP contribution >= 0.6 is 34.8 Å². The van der Waals surface area contributed by atoms with Crippen molar-refractivity contribution in [3.8, 4) is 11.5 Å². The van der Waals surface area contributed by atoms with Gasteiger partial charge < -0.3 is 21.1 Å². The van der Waals surface area contributed by atoms with Gasteiger partial charge in [0.1, 0.15) is 6.04 Å². The van der Waals surface area contributed by atoms with E-state index in [-0.39, 0.29) is 17.9 Å². The van der Waals surface area contributed by atoms with Gasteiger partial charge in [0, 0.05) is 0 Å². The molecular formula is C10H12Cl3NO4. The summed E-state index contributed by atoms with van der Waals surface area (Å²) in [6.45, 7) is 0. The number of carboxylic acid groups (broad SMARTS) is 1. The molecule has 0 aliphatic rings. The molecule has 0 bridgehead atoms. The molecule has 0 aromatic heterocycles. The molecule has 1 aromatic carbocycles. The van der Waals surface area contributed by atoms with Crippen LogP contribution in [-0.2, 0) is 11.2 Å². The summed E-state index contributed by atoms with van der Waals surface area (Å²) in [6.07, 6.45) is 0.114. The Kier molecular flexibility index (Phi) is 7.86. The number of aromatic hydroxyl groups is 2. The first-order chi connectivity index (χ1) is 8.23. The zero-order chi connectivity index (χ0) is 14.3. The zero-order valence-corrected chi connectivity index (χ0v) is 11.3. The lowest BCUT2D eigenvalue weighted by Crippen LogP contribution is -2.32. The first-order valence-corrected chi connectivity index (χ1v) is 5.96. The fourth-order valence-electron chi connectivity index (χ4n) is 1.04. The smallest absolute Gasteiger partial charge is 0.320 e. The lowest BCUT2D eigenvalue weighted by Gasteiger charge is -2.06. The summed E-state index contributed by atoms with van der Waals surface area (Å²) in [5, 5.41) is 26.6. The summed E-state index contributed by atoms with van der Waals surface area (Å²) in [4.78, 5) is 10.4. The Balaban J connectivity index is 0.000000631. The summed E-state index contributed by atoms with van der Waals surface area (Å²) in [5.74, 6) is -1.62. The van der Waals surface area contributed by atoms with Crippen molar-refractivity contribution in [2.75, 3.05) is 0 Å². The third-order valence-corrected chi connectivity index (χ3v) is 1.81. The molecular weight excluding hydrogens is 304 g/mol. The summed E-state index contributed by atoms with van der Waals surface area (Å²) >= 11 is 14.4. The number of hydrogen-bond acceptors (Lipinski definition) is 4. The molecule has 8 heteroatoms. The number of alkyl halides is 3. The summed E-state index contributed by atoms with van der Waals surface area (Å²) in [7, 11) is 0. The normalized spacial score (nSPS) is 11.6. The number of aliphatic carboxylic acids is 1. The number of phenols is 2. The quantitative estimate of drug-likeness (QED) is 0.504. The van der Waals surface area contributed by atoms with Crippen LogP contribution in [0.25, 0.3) is 0 Å². The molecule has 18 heavy (non-hydrogen) atoms. The molecule has 0 aliphatic heterocycles. The first-order valence-electron chi connectivity index (χ1n) is 4.65. The second-order valence-electron chi connectivity index (χ2n) is 3.22. The summed E-state index contributed by atoms with van der Waals surface area (Å²) in [5.41, 5.74) is 5.86. The minimum absolute atomic E-state index is 0.114. The van der Waals surface area contributed by atoms with Gasteiger partial charge in [-0.1, -0.05) is 40.9 Å². The van der Waals surface area contributed by atoms with Crippen LogP contribution in [0.4, 0.5) is 0 Å². The van der Waals surface area contributed by atoms with Crippen LogP contribution in [0.2, 0.25) is 0 Å². The molecule has 1 rings (SSSR count). The van der Waals surface area contributed by atoms with Gasteiger partial charge >= 0.3 is 5.97 Å². The summed E-state index contributed by atoms with van der Waals surface area (Å²) < 4.78 is -0.750. The molecule has 0 saturated carbocycles. The van der Waals surface area contributed by atoms with Crippen LogP contribution in [0.3, 0.4) is 0 Å². The van der Waals surface area contributed by atoms with Crippen molar-refractivity contribution in [2.45, 2.75) is 16.8 Å². The highest BCUT2D eigenvalue weighted by Gasteiger charge is 2.12. The monoisotopic (exact) mass is 315 g/mol. The van der Waals surface area contributed by atoms with Crippen LogP contribution < -0.4 is 5.73 Å². The van der Waals surface area contributed by atoms with Crippen molar-refractivity contribution in [1.82, 2.24) is 0 Å². The number of nitrogens with two attached hydrogens (primary N) is 1. The minimum atomic E-state index is -1.10. The molecule has 0 aliphatic carbocycles. The van der Waals surface area contributed by atoms with Gasteiger partial charge in [-0.25, -0.2) is 0 Å². The lowest BCUT2D eigenvalue weighted by molar-refractivity contribution is -0.138. The molecule has 0 fully saturated rings. The van der Waals surface area contributed by atoms with Crippen molar-refractivity contribution in [1.29, 1.82) is 0 Å². The topological polar surface area (TPSA) is 104 Å². The van der Waals surface area contributed by atoms with Crippen molar-refractivity contribution in [3.05, 3.63) is 23.8 Å². The van der Waals surface area contributed by atoms with Gasteiger partial charge in [-0.3, -0.25) is 4.79 Å². The zero-order valence-electron chi connectivity index (χ0n) is 9.05. The Morgan fingerprint density at radius 3 is 2.11 bits per heavy atom. The van der Waals surface area contributed by atoms with E-state index in [0.29, 0.717) is 5.56 Å². The highest BCUT2D eigenvalue weighted by molar-refractivity contribution is 6.63. The average molecular weight is 317 g/mol. The molecule has 0 radical (unpaired) electrons. The number of halogens is 3. The van der Waals surface area contributed by atoms with Gasteiger partial charge in [-0.2, -0.15) is 0 Å². The van der Waals surface area contributed by atoms with E-state index >= 15 is 0 Å². The molecule has 1 aromatic rings. The van der Waals surface area contributed by atoms with Crippen molar-refractivity contribution in [2.24, 2.45) is 5.73 Å². The van der Waals surface area contributed by atoms with Crippen LogP contribution in [0, 0.1) is 0 Å². The maximum Gasteiger partial charge on any atom is 0.320 e. The van der Waals surface area contributed by atoms with Gasteiger partial charge in [0.05, 0.1) is 0 Å². The molecule has 1 unspecified atom stereocenters. The SMILES string of the molecule is ClC(Cl)Cl.NC(Cc1ccc(O)c(O)c1)C(=O)O. The average Bonchev–Trinajstić information content (AvgIpc) is 2.22. The van der Waals surface area contributed by atoms with Crippen molar-refractivity contribution < 1.29 is 20.1 Å². The standard InChI is InChI=1S/C9H11NO4.CHCl3/c10-6(9(13)14)3-5-1-2-7(11)8(12)4-5;2-1(3)4/h1-2,4,6,11-12H,3,10H2,(H,13,14);1H. The fraction of sp³-hybridized carbons (Fsp3) is 0.300. The third-order valence-electron chi connectivity index (χ3n) is 1.81. The molecule has 0 saturated heterocycles. The highest BCUT2D eigenvalue weighted by Crippen LogP contribution is 2.25. The Hall–Kier alpha value is -0.880. The number of phenolic OH excluding ortho intramolecular Hbond substituents is 2. The largest absolute Gasteiger partial charge is 0.504 e. The van der Waals surface area contributed by atoms with Gasteiger partial charge in [0.15, 0.2) is 15.8 Å². The van der Waals surface area contributed by atoms with Crippen LogP contribution in [-0.4, -0.2) is 31.6 Å². The minimum Gasteiger partial charge on any atom is -0.504 e. The lowest BCUT2D eigenvalue weighted by atomic mass is 10.1. The third kappa shape index (κ3) is 7.45. The Morgan fingerprint density at radius 2 is 1.72 bits per heavy atom. The van der Waals surface area contributed by atoms with Crippen LogP contribution in [0.15, 0.2) is 18.2 Å².